The van der Waals surface area contributed by atoms with Crippen molar-refractivity contribution < 1.29 is 5.11 Å². The summed E-state index contributed by atoms with van der Waals surface area (Å²) in [7, 11) is 0. The van der Waals surface area contributed by atoms with E-state index in [0.717, 1.165) is 23.1 Å². The Labute approximate surface area is 103 Å². The lowest BCUT2D eigenvalue weighted by Crippen LogP contribution is -2.27. The third kappa shape index (κ3) is 2.99. The van der Waals surface area contributed by atoms with Crippen molar-refractivity contribution in [3.63, 3.8) is 0 Å². The Morgan fingerprint density at radius 2 is 1.93 bits per heavy atom. The van der Waals surface area contributed by atoms with Crippen LogP contribution in [0.3, 0.4) is 0 Å². The molecular formula is C12H15BrOS. The van der Waals surface area contributed by atoms with Gasteiger partial charge in [0.2, 0.25) is 0 Å². The maximum Gasteiger partial charge on any atom is 0.0741 e. The van der Waals surface area contributed by atoms with Crippen molar-refractivity contribution >= 4 is 27.7 Å². The van der Waals surface area contributed by atoms with E-state index in [4.69, 9.17) is 0 Å². The van der Waals surface area contributed by atoms with Crippen LogP contribution in [0.25, 0.3) is 0 Å². The van der Waals surface area contributed by atoms with Gasteiger partial charge < -0.3 is 5.11 Å². The maximum atomic E-state index is 10.2. The van der Waals surface area contributed by atoms with Gasteiger partial charge in [0.05, 0.1) is 5.60 Å². The van der Waals surface area contributed by atoms with Crippen molar-refractivity contribution in [1.82, 2.24) is 0 Å². The molecule has 0 heterocycles. The van der Waals surface area contributed by atoms with Gasteiger partial charge in [0.25, 0.3) is 0 Å². The van der Waals surface area contributed by atoms with Crippen LogP contribution in [0.15, 0.2) is 33.6 Å². The zero-order chi connectivity index (χ0) is 10.7. The van der Waals surface area contributed by atoms with Gasteiger partial charge in [-0.3, -0.25) is 0 Å². The molecule has 1 N–H and O–H groups in total. The summed E-state index contributed by atoms with van der Waals surface area (Å²) in [5.41, 5.74) is -0.417. The van der Waals surface area contributed by atoms with Gasteiger partial charge in [-0.05, 0) is 40.9 Å². The Kier molecular flexibility index (Phi) is 3.75. The van der Waals surface area contributed by atoms with Crippen LogP contribution in [0.5, 0.6) is 0 Å². The van der Waals surface area contributed by atoms with Gasteiger partial charge in [0.15, 0.2) is 0 Å². The van der Waals surface area contributed by atoms with E-state index in [9.17, 15) is 5.11 Å². The summed E-state index contributed by atoms with van der Waals surface area (Å²) in [5.74, 6) is 0.815. The Morgan fingerprint density at radius 1 is 1.27 bits per heavy atom. The minimum absolute atomic E-state index is 0.417. The van der Waals surface area contributed by atoms with Crippen LogP contribution in [0, 0.1) is 0 Å². The first-order valence-electron chi connectivity index (χ1n) is 5.29. The molecule has 0 atom stereocenters. The van der Waals surface area contributed by atoms with E-state index in [-0.39, 0.29) is 0 Å². The molecule has 1 aromatic carbocycles. The van der Waals surface area contributed by atoms with Crippen molar-refractivity contribution in [1.29, 1.82) is 0 Å². The molecule has 1 saturated carbocycles. The molecule has 0 spiro atoms. The first-order valence-corrected chi connectivity index (χ1v) is 7.07. The van der Waals surface area contributed by atoms with Gasteiger partial charge in [0.1, 0.15) is 0 Å². The van der Waals surface area contributed by atoms with E-state index < -0.39 is 5.60 Å². The van der Waals surface area contributed by atoms with Gasteiger partial charge >= 0.3 is 0 Å². The molecular weight excluding hydrogens is 272 g/mol. The van der Waals surface area contributed by atoms with Crippen molar-refractivity contribution in [3.05, 3.63) is 28.7 Å². The molecule has 0 saturated heterocycles. The fraction of sp³-hybridized carbons (Fsp3) is 0.500. The Hall–Kier alpha value is 0.01000. The minimum Gasteiger partial charge on any atom is -0.389 e. The van der Waals surface area contributed by atoms with E-state index in [2.05, 4.69) is 22.0 Å². The molecule has 2 rings (SSSR count). The number of halogens is 1. The first-order chi connectivity index (χ1) is 7.20. The highest BCUT2D eigenvalue weighted by atomic mass is 79.9. The number of hydrogen-bond acceptors (Lipinski definition) is 2. The topological polar surface area (TPSA) is 20.2 Å². The normalized spacial score (nSPS) is 19.3. The second kappa shape index (κ2) is 4.89. The highest BCUT2D eigenvalue weighted by molar-refractivity contribution is 9.10. The predicted octanol–water partition coefficient (Wildman–Crippen LogP) is 3.85. The lowest BCUT2D eigenvalue weighted by molar-refractivity contribution is 0.0732. The molecule has 3 heteroatoms. The van der Waals surface area contributed by atoms with Crippen LogP contribution in [0.4, 0.5) is 0 Å². The lowest BCUT2D eigenvalue weighted by Gasteiger charge is -2.21. The Bertz CT molecular complexity index is 334. The number of hydrogen-bond donors (Lipinski definition) is 1. The monoisotopic (exact) mass is 286 g/mol. The van der Waals surface area contributed by atoms with Crippen LogP contribution in [0.2, 0.25) is 0 Å². The number of aliphatic hydroxyl groups is 1. The summed E-state index contributed by atoms with van der Waals surface area (Å²) in [6, 6.07) is 8.18. The average molecular weight is 287 g/mol. The van der Waals surface area contributed by atoms with E-state index in [1.807, 2.05) is 18.2 Å². The van der Waals surface area contributed by atoms with E-state index in [1.54, 1.807) is 11.8 Å². The molecule has 0 bridgehead atoms. The molecule has 0 amide bonds. The van der Waals surface area contributed by atoms with Gasteiger partial charge in [-0.2, -0.15) is 0 Å². The molecule has 82 valence electrons. The van der Waals surface area contributed by atoms with Crippen LogP contribution in [-0.4, -0.2) is 16.5 Å². The first kappa shape index (κ1) is 11.5. The Morgan fingerprint density at radius 3 is 2.60 bits per heavy atom. The highest BCUT2D eigenvalue weighted by Crippen LogP contribution is 2.36. The molecule has 0 unspecified atom stereocenters. The summed E-state index contributed by atoms with van der Waals surface area (Å²) < 4.78 is 1.12. The second-order valence-electron chi connectivity index (χ2n) is 4.15. The summed E-state index contributed by atoms with van der Waals surface area (Å²) in [4.78, 5) is 1.22. The summed E-state index contributed by atoms with van der Waals surface area (Å²) in [6.07, 6.45) is 4.27. The maximum absolute atomic E-state index is 10.2. The number of benzene rings is 1. The van der Waals surface area contributed by atoms with E-state index in [0.29, 0.717) is 0 Å². The predicted molar refractivity (Wildman–Crippen MR) is 68.3 cm³/mol. The molecule has 15 heavy (non-hydrogen) atoms. The average Bonchev–Trinajstić information content (AvgIpc) is 2.65. The van der Waals surface area contributed by atoms with Crippen molar-refractivity contribution in [2.45, 2.75) is 36.2 Å². The van der Waals surface area contributed by atoms with Gasteiger partial charge in [0, 0.05) is 15.1 Å². The van der Waals surface area contributed by atoms with E-state index >= 15 is 0 Å². The highest BCUT2D eigenvalue weighted by Gasteiger charge is 2.30. The second-order valence-corrected chi connectivity index (χ2v) is 6.02. The van der Waals surface area contributed by atoms with Crippen LogP contribution >= 0.6 is 27.7 Å². The fourth-order valence-electron chi connectivity index (χ4n) is 1.95. The molecule has 1 fully saturated rings. The standard InChI is InChI=1S/C12H15BrOS/c13-10-5-1-2-6-11(10)15-9-12(14)7-3-4-8-12/h1-2,5-6,14H,3-4,7-9H2. The molecule has 1 aliphatic carbocycles. The van der Waals surface area contributed by atoms with E-state index in [1.165, 1.54) is 17.7 Å². The lowest BCUT2D eigenvalue weighted by atomic mass is 10.1. The SMILES string of the molecule is OC1(CSc2ccccc2Br)CCCC1. The van der Waals surface area contributed by atoms with Gasteiger partial charge in [-0.15, -0.1) is 11.8 Å². The third-order valence-corrected chi connectivity index (χ3v) is 5.17. The van der Waals surface area contributed by atoms with Crippen LogP contribution in [-0.2, 0) is 0 Å². The fourth-order valence-corrected chi connectivity index (χ4v) is 3.67. The largest absolute Gasteiger partial charge is 0.389 e. The Balaban J connectivity index is 1.95. The molecule has 1 nitrogen and oxygen atoms in total. The number of thioether (sulfide) groups is 1. The molecule has 1 aliphatic rings. The number of rotatable bonds is 3. The minimum atomic E-state index is -0.417. The van der Waals surface area contributed by atoms with Gasteiger partial charge in [-0.25, -0.2) is 0 Å². The zero-order valence-electron chi connectivity index (χ0n) is 8.58. The molecule has 1 aromatic rings. The van der Waals surface area contributed by atoms with Crippen molar-refractivity contribution in [2.75, 3.05) is 5.75 Å². The summed E-state index contributed by atoms with van der Waals surface area (Å²) in [6.45, 7) is 0. The van der Waals surface area contributed by atoms with Gasteiger partial charge in [-0.1, -0.05) is 25.0 Å². The van der Waals surface area contributed by atoms with Crippen LogP contribution in [0.1, 0.15) is 25.7 Å². The molecule has 0 aromatic heterocycles. The smallest absolute Gasteiger partial charge is 0.0741 e. The third-order valence-electron chi connectivity index (χ3n) is 2.87. The van der Waals surface area contributed by atoms with Crippen molar-refractivity contribution in [2.24, 2.45) is 0 Å². The zero-order valence-corrected chi connectivity index (χ0v) is 11.0. The molecule has 0 aliphatic heterocycles. The van der Waals surface area contributed by atoms with Crippen molar-refractivity contribution in [3.8, 4) is 0 Å². The molecule has 0 radical (unpaired) electrons. The van der Waals surface area contributed by atoms with Crippen LogP contribution < -0.4 is 0 Å². The summed E-state index contributed by atoms with van der Waals surface area (Å²) in [5, 5.41) is 10.2. The summed E-state index contributed by atoms with van der Waals surface area (Å²) >= 11 is 5.27. The quantitative estimate of drug-likeness (QED) is 0.852.